The van der Waals surface area contributed by atoms with E-state index in [1.165, 1.54) is 6.08 Å². The van der Waals surface area contributed by atoms with Crippen LogP contribution in [0.4, 0.5) is 11.4 Å². The van der Waals surface area contributed by atoms with Crippen molar-refractivity contribution >= 4 is 61.1 Å². The largest absolute Gasteiger partial charge is 0.481 e. The lowest BCUT2D eigenvalue weighted by Gasteiger charge is -2.13. The number of benzene rings is 3. The number of halogens is 2. The number of rotatable bonds is 7. The Morgan fingerprint density at radius 3 is 2.34 bits per heavy atom. The van der Waals surface area contributed by atoms with Crippen LogP contribution < -0.4 is 15.4 Å². The third kappa shape index (κ3) is 7.04. The fraction of sp³-hybridized carbons (Fsp3) is 0.148. The first-order chi connectivity index (χ1) is 16.7. The Balaban J connectivity index is 1.70. The van der Waals surface area contributed by atoms with Crippen molar-refractivity contribution < 1.29 is 14.3 Å². The highest BCUT2D eigenvalue weighted by Crippen LogP contribution is 2.35. The molecule has 0 unspecified atom stereocenters. The van der Waals surface area contributed by atoms with E-state index in [0.717, 1.165) is 22.4 Å². The summed E-state index contributed by atoms with van der Waals surface area (Å²) >= 11 is 6.89. The van der Waals surface area contributed by atoms with Crippen LogP contribution in [0, 0.1) is 32.1 Å². The van der Waals surface area contributed by atoms with Crippen LogP contribution in [0.5, 0.6) is 5.75 Å². The molecule has 0 spiro atoms. The third-order valence-electron chi connectivity index (χ3n) is 5.20. The standard InChI is InChI=1S/C27H23Br2N3O3/c1-16-6-4-8-21(10-16)31-27(34)20(14-30)11-19-12-22(28)26(23(29)13-19)35-15-25(33)32-24-9-5-7-17(2)18(24)3/h4-13H,15H2,1-3H3,(H,31,34)(H,32,33)/b20-11+. The lowest BCUT2D eigenvalue weighted by molar-refractivity contribution is -0.118. The Hall–Kier alpha value is -3.41. The van der Waals surface area contributed by atoms with Crippen LogP contribution in [0.2, 0.25) is 0 Å². The quantitative estimate of drug-likeness (QED) is 0.234. The van der Waals surface area contributed by atoms with Crippen molar-refractivity contribution in [2.45, 2.75) is 20.8 Å². The van der Waals surface area contributed by atoms with Gasteiger partial charge in [-0.2, -0.15) is 5.26 Å². The van der Waals surface area contributed by atoms with Crippen LogP contribution in [0.25, 0.3) is 6.08 Å². The second kappa shape index (κ2) is 11.8. The molecule has 0 saturated carbocycles. The predicted octanol–water partition coefficient (Wildman–Crippen LogP) is 6.70. The number of nitriles is 1. The summed E-state index contributed by atoms with van der Waals surface area (Å²) in [5.74, 6) is -0.365. The fourth-order valence-electron chi connectivity index (χ4n) is 3.25. The molecule has 8 heteroatoms. The number of hydrogen-bond acceptors (Lipinski definition) is 4. The van der Waals surface area contributed by atoms with E-state index >= 15 is 0 Å². The van der Waals surface area contributed by atoms with Gasteiger partial charge in [-0.15, -0.1) is 0 Å². The number of nitrogens with one attached hydrogen (secondary N) is 2. The molecule has 35 heavy (non-hydrogen) atoms. The van der Waals surface area contributed by atoms with Gasteiger partial charge in [-0.1, -0.05) is 24.3 Å². The van der Waals surface area contributed by atoms with Gasteiger partial charge in [0.05, 0.1) is 8.95 Å². The zero-order chi connectivity index (χ0) is 25.5. The summed E-state index contributed by atoms with van der Waals surface area (Å²) in [6.45, 7) is 5.66. The number of hydrogen-bond donors (Lipinski definition) is 2. The normalized spacial score (nSPS) is 10.9. The van der Waals surface area contributed by atoms with E-state index < -0.39 is 5.91 Å². The minimum absolute atomic E-state index is 0.0492. The monoisotopic (exact) mass is 595 g/mol. The second-order valence-electron chi connectivity index (χ2n) is 7.89. The molecule has 2 N–H and O–H groups in total. The Labute approximate surface area is 221 Å². The van der Waals surface area contributed by atoms with E-state index in [2.05, 4.69) is 42.5 Å². The molecule has 0 heterocycles. The first-order valence-electron chi connectivity index (χ1n) is 10.7. The molecule has 3 rings (SSSR count). The van der Waals surface area contributed by atoms with Crippen molar-refractivity contribution in [3.8, 4) is 11.8 Å². The maximum atomic E-state index is 12.6. The molecular weight excluding hydrogens is 574 g/mol. The number of anilines is 2. The number of aryl methyl sites for hydroxylation is 2. The van der Waals surface area contributed by atoms with E-state index in [1.807, 2.05) is 63.2 Å². The molecule has 2 amide bonds. The summed E-state index contributed by atoms with van der Waals surface area (Å²) in [5, 5.41) is 15.1. The number of nitrogens with zero attached hydrogens (tertiary/aromatic N) is 1. The summed E-state index contributed by atoms with van der Waals surface area (Å²) in [7, 11) is 0. The van der Waals surface area contributed by atoms with E-state index in [0.29, 0.717) is 25.9 Å². The van der Waals surface area contributed by atoms with Crippen LogP contribution >= 0.6 is 31.9 Å². The first-order valence-corrected chi connectivity index (χ1v) is 12.2. The lowest BCUT2D eigenvalue weighted by atomic mass is 10.1. The molecule has 0 fully saturated rings. The van der Waals surface area contributed by atoms with Gasteiger partial charge in [-0.05, 0) is 111 Å². The topological polar surface area (TPSA) is 91.2 Å². The van der Waals surface area contributed by atoms with Gasteiger partial charge in [-0.25, -0.2) is 0 Å². The number of ether oxygens (including phenoxy) is 1. The molecule has 0 radical (unpaired) electrons. The summed E-state index contributed by atoms with van der Waals surface area (Å²) in [5.41, 5.74) is 4.99. The van der Waals surface area contributed by atoms with Gasteiger partial charge in [0.2, 0.25) is 0 Å². The summed E-state index contributed by atoms with van der Waals surface area (Å²) in [4.78, 5) is 25.0. The summed E-state index contributed by atoms with van der Waals surface area (Å²) < 4.78 is 6.85. The molecule has 0 aromatic heterocycles. The third-order valence-corrected chi connectivity index (χ3v) is 6.38. The van der Waals surface area contributed by atoms with Gasteiger partial charge in [0.25, 0.3) is 11.8 Å². The van der Waals surface area contributed by atoms with E-state index in [1.54, 1.807) is 18.2 Å². The zero-order valence-electron chi connectivity index (χ0n) is 19.4. The highest BCUT2D eigenvalue weighted by atomic mass is 79.9. The average Bonchev–Trinajstić information content (AvgIpc) is 2.80. The fourth-order valence-corrected chi connectivity index (χ4v) is 4.70. The minimum Gasteiger partial charge on any atom is -0.481 e. The van der Waals surface area contributed by atoms with Crippen LogP contribution in [-0.4, -0.2) is 18.4 Å². The minimum atomic E-state index is -0.506. The highest BCUT2D eigenvalue weighted by molar-refractivity contribution is 9.11. The molecule has 3 aromatic rings. The molecule has 0 atom stereocenters. The first kappa shape index (κ1) is 26.2. The summed E-state index contributed by atoms with van der Waals surface area (Å²) in [6.07, 6.45) is 1.48. The van der Waals surface area contributed by atoms with Gasteiger partial charge < -0.3 is 15.4 Å². The van der Waals surface area contributed by atoms with Gasteiger partial charge in [0.15, 0.2) is 6.61 Å². The van der Waals surface area contributed by atoms with Gasteiger partial charge >= 0.3 is 0 Å². The molecule has 0 bridgehead atoms. The van der Waals surface area contributed by atoms with Crippen LogP contribution in [0.3, 0.4) is 0 Å². The Kier molecular flexibility index (Phi) is 8.85. The van der Waals surface area contributed by atoms with Gasteiger partial charge in [0.1, 0.15) is 17.4 Å². The molecule has 6 nitrogen and oxygen atoms in total. The zero-order valence-corrected chi connectivity index (χ0v) is 22.6. The molecule has 0 aliphatic carbocycles. The Bertz CT molecular complexity index is 1340. The smallest absolute Gasteiger partial charge is 0.266 e. The SMILES string of the molecule is Cc1cccc(NC(=O)/C(C#N)=C/c2cc(Br)c(OCC(=O)Nc3cccc(C)c3C)c(Br)c2)c1. The van der Waals surface area contributed by atoms with Crippen LogP contribution in [0.1, 0.15) is 22.3 Å². The van der Waals surface area contributed by atoms with Crippen molar-refractivity contribution in [3.05, 3.63) is 91.4 Å². The van der Waals surface area contributed by atoms with Crippen molar-refractivity contribution in [1.82, 2.24) is 0 Å². The molecule has 3 aromatic carbocycles. The number of carbonyl (C=O) groups excluding carboxylic acids is 2. The van der Waals surface area contributed by atoms with Crippen molar-refractivity contribution in [3.63, 3.8) is 0 Å². The van der Waals surface area contributed by atoms with Crippen molar-refractivity contribution in [1.29, 1.82) is 5.26 Å². The van der Waals surface area contributed by atoms with Crippen LogP contribution in [0.15, 0.2) is 69.1 Å². The number of amides is 2. The van der Waals surface area contributed by atoms with E-state index in [-0.39, 0.29) is 18.1 Å². The van der Waals surface area contributed by atoms with Crippen molar-refractivity contribution in [2.24, 2.45) is 0 Å². The molecule has 178 valence electrons. The highest BCUT2D eigenvalue weighted by Gasteiger charge is 2.14. The summed E-state index contributed by atoms with van der Waals surface area (Å²) in [6, 6.07) is 18.4. The average molecular weight is 597 g/mol. The van der Waals surface area contributed by atoms with Gasteiger partial charge in [-0.3, -0.25) is 9.59 Å². The second-order valence-corrected chi connectivity index (χ2v) is 9.60. The molecular formula is C27H23Br2N3O3. The lowest BCUT2D eigenvalue weighted by Crippen LogP contribution is -2.21. The molecule has 0 aliphatic rings. The van der Waals surface area contributed by atoms with Crippen LogP contribution in [-0.2, 0) is 9.59 Å². The number of carbonyl (C=O) groups is 2. The molecule has 0 aliphatic heterocycles. The molecule has 0 saturated heterocycles. The van der Waals surface area contributed by atoms with Crippen molar-refractivity contribution in [2.75, 3.05) is 17.2 Å². The Morgan fingerprint density at radius 1 is 1.00 bits per heavy atom. The maximum absolute atomic E-state index is 12.6. The van der Waals surface area contributed by atoms with E-state index in [9.17, 15) is 14.9 Å². The van der Waals surface area contributed by atoms with E-state index in [4.69, 9.17) is 4.74 Å². The van der Waals surface area contributed by atoms with Gasteiger partial charge in [0, 0.05) is 11.4 Å². The maximum Gasteiger partial charge on any atom is 0.266 e. The Morgan fingerprint density at radius 2 is 1.69 bits per heavy atom. The predicted molar refractivity (Wildman–Crippen MR) is 145 cm³/mol.